The summed E-state index contributed by atoms with van der Waals surface area (Å²) in [4.78, 5) is 14.9. The molecule has 1 aromatic carbocycles. The van der Waals surface area contributed by atoms with Crippen LogP contribution in [0.5, 0.6) is 0 Å². The number of thioether (sulfide) groups is 1. The molecular weight excluding hydrogens is 352 g/mol. The van der Waals surface area contributed by atoms with Crippen LogP contribution >= 0.6 is 39.3 Å². The third-order valence-electron chi connectivity index (χ3n) is 2.38. The number of nitrogens with zero attached hydrogens (tertiary/aromatic N) is 2. The molecule has 0 saturated heterocycles. The summed E-state index contributed by atoms with van der Waals surface area (Å²) in [6.07, 6.45) is 1.71. The number of rotatable bonds is 4. The molecule has 0 bridgehead atoms. The van der Waals surface area contributed by atoms with Gasteiger partial charge in [0.05, 0.1) is 11.4 Å². The van der Waals surface area contributed by atoms with E-state index in [0.29, 0.717) is 10.2 Å². The SMILES string of the molecule is Cc1cnc(SCC(=O)O)n1-c1cc(Cl)ccc1Br. The van der Waals surface area contributed by atoms with Gasteiger partial charge in [-0.1, -0.05) is 23.4 Å². The first kappa shape index (κ1) is 14.4. The molecule has 0 aliphatic rings. The summed E-state index contributed by atoms with van der Waals surface area (Å²) in [6, 6.07) is 5.44. The average Bonchev–Trinajstić information content (AvgIpc) is 2.71. The van der Waals surface area contributed by atoms with Crippen LogP contribution in [0.3, 0.4) is 0 Å². The van der Waals surface area contributed by atoms with Gasteiger partial charge in [0.15, 0.2) is 5.16 Å². The molecule has 2 rings (SSSR count). The number of aliphatic carboxylic acids is 1. The van der Waals surface area contributed by atoms with Gasteiger partial charge in [0.2, 0.25) is 0 Å². The number of carboxylic acid groups (broad SMARTS) is 1. The van der Waals surface area contributed by atoms with Crippen molar-refractivity contribution in [1.29, 1.82) is 0 Å². The number of hydrogen-bond donors (Lipinski definition) is 1. The Bertz CT molecular complexity index is 630. The van der Waals surface area contributed by atoms with Crippen molar-refractivity contribution in [3.8, 4) is 5.69 Å². The summed E-state index contributed by atoms with van der Waals surface area (Å²) in [6.45, 7) is 1.91. The molecule has 4 nitrogen and oxygen atoms in total. The van der Waals surface area contributed by atoms with Crippen molar-refractivity contribution < 1.29 is 9.90 Å². The maximum atomic E-state index is 10.7. The zero-order valence-electron chi connectivity index (χ0n) is 9.93. The Morgan fingerprint density at radius 3 is 3.00 bits per heavy atom. The Balaban J connectivity index is 2.46. The number of aromatic nitrogens is 2. The summed E-state index contributed by atoms with van der Waals surface area (Å²) >= 11 is 10.7. The first-order valence-corrected chi connectivity index (χ1v) is 7.49. The number of benzene rings is 1. The highest BCUT2D eigenvalue weighted by Gasteiger charge is 2.13. The Hall–Kier alpha value is -0.980. The molecule has 100 valence electrons. The Morgan fingerprint density at radius 1 is 1.58 bits per heavy atom. The standard InChI is InChI=1S/C12H10BrClN2O2S/c1-7-5-15-12(19-6-11(17)18)16(7)10-4-8(14)2-3-9(10)13/h2-5H,6H2,1H3,(H,17,18). The van der Waals surface area contributed by atoms with Crippen LogP contribution in [0.1, 0.15) is 5.69 Å². The summed E-state index contributed by atoms with van der Waals surface area (Å²) in [5.74, 6) is -0.906. The second-order valence-electron chi connectivity index (χ2n) is 3.80. The third-order valence-corrected chi connectivity index (χ3v) is 4.22. The normalized spacial score (nSPS) is 10.7. The van der Waals surface area contributed by atoms with E-state index in [0.717, 1.165) is 15.9 Å². The van der Waals surface area contributed by atoms with E-state index >= 15 is 0 Å². The first-order chi connectivity index (χ1) is 8.99. The smallest absolute Gasteiger partial charge is 0.313 e. The van der Waals surface area contributed by atoms with Gasteiger partial charge in [-0.25, -0.2) is 4.98 Å². The lowest BCUT2D eigenvalue weighted by Crippen LogP contribution is -2.03. The molecule has 0 atom stereocenters. The van der Waals surface area contributed by atoms with E-state index in [1.165, 1.54) is 11.8 Å². The van der Waals surface area contributed by atoms with Crippen LogP contribution in [-0.2, 0) is 4.79 Å². The first-order valence-electron chi connectivity index (χ1n) is 5.33. The maximum absolute atomic E-state index is 10.7. The van der Waals surface area contributed by atoms with Gasteiger partial charge < -0.3 is 5.11 Å². The van der Waals surface area contributed by atoms with E-state index in [1.807, 2.05) is 23.6 Å². The van der Waals surface area contributed by atoms with Gasteiger partial charge in [0.1, 0.15) is 0 Å². The molecule has 0 aliphatic carbocycles. The predicted octanol–water partition coefficient (Wildman–Crippen LogP) is 3.77. The topological polar surface area (TPSA) is 55.1 Å². The second kappa shape index (κ2) is 5.98. The minimum absolute atomic E-state index is 0.0331. The van der Waals surface area contributed by atoms with Gasteiger partial charge in [-0.3, -0.25) is 9.36 Å². The molecule has 0 unspecified atom stereocenters. The molecule has 0 aliphatic heterocycles. The quantitative estimate of drug-likeness (QED) is 0.842. The summed E-state index contributed by atoms with van der Waals surface area (Å²) in [5, 5.41) is 9.99. The predicted molar refractivity (Wildman–Crippen MR) is 79.4 cm³/mol. The van der Waals surface area contributed by atoms with Crippen molar-refractivity contribution in [2.75, 3.05) is 5.75 Å². The van der Waals surface area contributed by atoms with Gasteiger partial charge in [-0.05, 0) is 41.1 Å². The fourth-order valence-corrected chi connectivity index (χ4v) is 2.93. The zero-order valence-corrected chi connectivity index (χ0v) is 13.1. The molecule has 1 N–H and O–H groups in total. The fourth-order valence-electron chi connectivity index (χ4n) is 1.59. The lowest BCUT2D eigenvalue weighted by molar-refractivity contribution is -0.133. The van der Waals surface area contributed by atoms with E-state index in [-0.39, 0.29) is 5.75 Å². The van der Waals surface area contributed by atoms with Gasteiger partial charge in [0.25, 0.3) is 0 Å². The molecule has 7 heteroatoms. The Kier molecular flexibility index (Phi) is 4.54. The second-order valence-corrected chi connectivity index (χ2v) is 6.03. The summed E-state index contributed by atoms with van der Waals surface area (Å²) in [5.41, 5.74) is 1.76. The summed E-state index contributed by atoms with van der Waals surface area (Å²) in [7, 11) is 0. The largest absolute Gasteiger partial charge is 0.481 e. The Morgan fingerprint density at radius 2 is 2.32 bits per heavy atom. The average molecular weight is 362 g/mol. The van der Waals surface area contributed by atoms with Gasteiger partial charge in [-0.15, -0.1) is 0 Å². The maximum Gasteiger partial charge on any atom is 0.313 e. The van der Waals surface area contributed by atoms with Crippen LogP contribution in [0.15, 0.2) is 34.0 Å². The van der Waals surface area contributed by atoms with Crippen LogP contribution in [-0.4, -0.2) is 26.4 Å². The van der Waals surface area contributed by atoms with Crippen LogP contribution in [0.4, 0.5) is 0 Å². The van der Waals surface area contributed by atoms with E-state index in [9.17, 15) is 4.79 Å². The zero-order chi connectivity index (χ0) is 14.0. The molecule has 0 spiro atoms. The number of carboxylic acids is 1. The van der Waals surface area contributed by atoms with Crippen molar-refractivity contribution in [2.24, 2.45) is 0 Å². The Labute approximate surface area is 127 Å². The highest BCUT2D eigenvalue weighted by atomic mass is 79.9. The molecule has 1 aromatic heterocycles. The van der Waals surface area contributed by atoms with E-state index < -0.39 is 5.97 Å². The molecule has 0 fully saturated rings. The van der Waals surface area contributed by atoms with Crippen molar-refractivity contribution in [3.05, 3.63) is 39.6 Å². The van der Waals surface area contributed by atoms with Crippen LogP contribution in [0.2, 0.25) is 5.02 Å². The third kappa shape index (κ3) is 3.32. The number of halogens is 2. The molecular formula is C12H10BrClN2O2S. The molecule has 0 amide bonds. The van der Waals surface area contributed by atoms with Gasteiger partial charge >= 0.3 is 5.97 Å². The minimum atomic E-state index is -0.873. The monoisotopic (exact) mass is 360 g/mol. The molecule has 0 saturated carbocycles. The molecule has 0 radical (unpaired) electrons. The number of aryl methyl sites for hydroxylation is 1. The number of imidazole rings is 1. The lowest BCUT2D eigenvalue weighted by Gasteiger charge is -2.11. The molecule has 2 aromatic rings. The molecule has 19 heavy (non-hydrogen) atoms. The van der Waals surface area contributed by atoms with E-state index in [4.69, 9.17) is 16.7 Å². The van der Waals surface area contributed by atoms with Crippen LogP contribution in [0.25, 0.3) is 5.69 Å². The van der Waals surface area contributed by atoms with Crippen molar-refractivity contribution in [1.82, 2.24) is 9.55 Å². The molecule has 1 heterocycles. The minimum Gasteiger partial charge on any atom is -0.481 e. The number of hydrogen-bond acceptors (Lipinski definition) is 3. The highest BCUT2D eigenvalue weighted by molar-refractivity contribution is 9.10. The van der Waals surface area contributed by atoms with Gasteiger partial charge in [0, 0.05) is 21.4 Å². The van der Waals surface area contributed by atoms with Crippen molar-refractivity contribution >= 4 is 45.3 Å². The lowest BCUT2D eigenvalue weighted by atomic mass is 10.3. The van der Waals surface area contributed by atoms with Crippen molar-refractivity contribution in [3.63, 3.8) is 0 Å². The van der Waals surface area contributed by atoms with Crippen LogP contribution in [0, 0.1) is 6.92 Å². The van der Waals surface area contributed by atoms with Crippen molar-refractivity contribution in [2.45, 2.75) is 12.1 Å². The number of carbonyl (C=O) groups is 1. The fraction of sp³-hybridized carbons (Fsp3) is 0.167. The van der Waals surface area contributed by atoms with Gasteiger partial charge in [-0.2, -0.15) is 0 Å². The van der Waals surface area contributed by atoms with E-state index in [1.54, 1.807) is 12.3 Å². The summed E-state index contributed by atoms with van der Waals surface area (Å²) < 4.78 is 2.75. The highest BCUT2D eigenvalue weighted by Crippen LogP contribution is 2.30. The van der Waals surface area contributed by atoms with Crippen LogP contribution < -0.4 is 0 Å². The van der Waals surface area contributed by atoms with E-state index in [2.05, 4.69) is 20.9 Å².